The van der Waals surface area contributed by atoms with E-state index >= 15 is 0 Å². The molecule has 1 fully saturated rings. The molecule has 1 aliphatic heterocycles. The number of ether oxygens (including phenoxy) is 1. The van der Waals surface area contributed by atoms with Crippen molar-refractivity contribution in [3.05, 3.63) is 59.5 Å². The Kier molecular flexibility index (Phi) is 5.57. The Balaban J connectivity index is 1.55. The SMILES string of the molecule is O=C(O)OC1=CC=CCN1CCc1ccc(C2CCCCC2)cc1. The van der Waals surface area contributed by atoms with E-state index in [4.69, 9.17) is 9.84 Å². The summed E-state index contributed by atoms with van der Waals surface area (Å²) in [6.07, 6.45) is 11.9. The molecule has 0 amide bonds. The molecule has 1 N–H and O–H groups in total. The van der Waals surface area contributed by atoms with Crippen LogP contribution in [0, 0.1) is 0 Å². The molecule has 0 spiro atoms. The van der Waals surface area contributed by atoms with Crippen LogP contribution in [0.15, 0.2) is 48.4 Å². The highest BCUT2D eigenvalue weighted by atomic mass is 16.7. The minimum atomic E-state index is -1.27. The summed E-state index contributed by atoms with van der Waals surface area (Å²) in [5.41, 5.74) is 2.74. The van der Waals surface area contributed by atoms with Crippen LogP contribution in [0.3, 0.4) is 0 Å². The van der Waals surface area contributed by atoms with Gasteiger partial charge in [-0.25, -0.2) is 4.79 Å². The molecule has 3 rings (SSSR count). The van der Waals surface area contributed by atoms with Crippen LogP contribution >= 0.6 is 0 Å². The van der Waals surface area contributed by atoms with Crippen molar-refractivity contribution in [2.24, 2.45) is 0 Å². The van der Waals surface area contributed by atoms with Crippen molar-refractivity contribution in [1.82, 2.24) is 4.90 Å². The molecule has 0 saturated heterocycles. The van der Waals surface area contributed by atoms with Gasteiger partial charge in [0.1, 0.15) is 0 Å². The molecular weight excluding hydrogens is 302 g/mol. The van der Waals surface area contributed by atoms with Crippen molar-refractivity contribution >= 4 is 6.16 Å². The molecule has 0 atom stereocenters. The van der Waals surface area contributed by atoms with Gasteiger partial charge in [0.25, 0.3) is 0 Å². The molecule has 2 aliphatic rings. The number of hydrogen-bond acceptors (Lipinski definition) is 3. The van der Waals surface area contributed by atoms with Crippen molar-refractivity contribution in [1.29, 1.82) is 0 Å². The van der Waals surface area contributed by atoms with E-state index in [1.165, 1.54) is 43.2 Å². The Morgan fingerprint density at radius 1 is 1.17 bits per heavy atom. The van der Waals surface area contributed by atoms with Gasteiger partial charge < -0.3 is 14.7 Å². The van der Waals surface area contributed by atoms with Crippen molar-refractivity contribution in [2.75, 3.05) is 13.1 Å². The number of nitrogens with zero attached hydrogens (tertiary/aromatic N) is 1. The van der Waals surface area contributed by atoms with Gasteiger partial charge in [-0.05, 0) is 42.4 Å². The zero-order chi connectivity index (χ0) is 16.8. The maximum absolute atomic E-state index is 10.8. The lowest BCUT2D eigenvalue weighted by Crippen LogP contribution is -2.29. The van der Waals surface area contributed by atoms with E-state index in [2.05, 4.69) is 24.3 Å². The molecule has 0 aromatic heterocycles. The van der Waals surface area contributed by atoms with E-state index in [1.54, 1.807) is 6.08 Å². The van der Waals surface area contributed by atoms with Crippen molar-refractivity contribution in [3.63, 3.8) is 0 Å². The maximum atomic E-state index is 10.8. The fraction of sp³-hybridized carbons (Fsp3) is 0.450. The molecule has 1 aromatic carbocycles. The Labute approximate surface area is 143 Å². The third kappa shape index (κ3) is 4.40. The average Bonchev–Trinajstić information content (AvgIpc) is 2.62. The lowest BCUT2D eigenvalue weighted by atomic mass is 9.84. The van der Waals surface area contributed by atoms with Gasteiger partial charge in [-0.15, -0.1) is 0 Å². The zero-order valence-electron chi connectivity index (χ0n) is 14.0. The minimum absolute atomic E-state index is 0.406. The molecule has 1 heterocycles. The van der Waals surface area contributed by atoms with Gasteiger partial charge in [0.15, 0.2) is 0 Å². The number of hydrogen-bond donors (Lipinski definition) is 1. The van der Waals surface area contributed by atoms with E-state index in [0.717, 1.165) is 18.9 Å². The fourth-order valence-electron chi connectivity index (χ4n) is 3.58. The molecule has 0 unspecified atom stereocenters. The summed E-state index contributed by atoms with van der Waals surface area (Å²) in [4.78, 5) is 12.7. The van der Waals surface area contributed by atoms with Gasteiger partial charge in [-0.1, -0.05) is 55.7 Å². The topological polar surface area (TPSA) is 49.8 Å². The number of carboxylic acid groups (broad SMARTS) is 1. The lowest BCUT2D eigenvalue weighted by Gasteiger charge is -2.26. The van der Waals surface area contributed by atoms with E-state index in [-0.39, 0.29) is 0 Å². The van der Waals surface area contributed by atoms with Gasteiger partial charge in [-0.2, -0.15) is 0 Å². The van der Waals surface area contributed by atoms with Crippen LogP contribution in [-0.2, 0) is 11.2 Å². The van der Waals surface area contributed by atoms with Crippen molar-refractivity contribution < 1.29 is 14.6 Å². The van der Waals surface area contributed by atoms with Crippen LogP contribution in [0.1, 0.15) is 49.1 Å². The number of benzene rings is 1. The van der Waals surface area contributed by atoms with Crippen LogP contribution in [0.4, 0.5) is 4.79 Å². The summed E-state index contributed by atoms with van der Waals surface area (Å²) in [5.74, 6) is 1.14. The predicted molar refractivity (Wildman–Crippen MR) is 93.9 cm³/mol. The summed E-state index contributed by atoms with van der Waals surface area (Å²) in [6.45, 7) is 1.42. The van der Waals surface area contributed by atoms with Crippen LogP contribution in [0.25, 0.3) is 0 Å². The Morgan fingerprint density at radius 2 is 1.92 bits per heavy atom. The van der Waals surface area contributed by atoms with Gasteiger partial charge >= 0.3 is 6.16 Å². The Bertz CT molecular complexity index is 612. The summed E-state index contributed by atoms with van der Waals surface area (Å²) >= 11 is 0. The number of rotatable bonds is 5. The molecule has 1 aliphatic carbocycles. The first-order valence-corrected chi connectivity index (χ1v) is 8.84. The molecule has 0 radical (unpaired) electrons. The van der Waals surface area contributed by atoms with Crippen LogP contribution in [0.2, 0.25) is 0 Å². The molecule has 4 nitrogen and oxygen atoms in total. The Hall–Kier alpha value is -2.23. The predicted octanol–water partition coefficient (Wildman–Crippen LogP) is 4.68. The molecule has 1 aromatic rings. The minimum Gasteiger partial charge on any atom is -0.449 e. The molecule has 0 bridgehead atoms. The smallest absolute Gasteiger partial charge is 0.449 e. The molecule has 24 heavy (non-hydrogen) atoms. The second-order valence-corrected chi connectivity index (χ2v) is 6.57. The lowest BCUT2D eigenvalue weighted by molar-refractivity contribution is 0.0881. The third-order valence-corrected chi connectivity index (χ3v) is 4.93. The zero-order valence-corrected chi connectivity index (χ0v) is 14.0. The molecule has 1 saturated carbocycles. The van der Waals surface area contributed by atoms with E-state index in [9.17, 15) is 4.79 Å². The number of carbonyl (C=O) groups is 1. The van der Waals surface area contributed by atoms with Crippen LogP contribution in [0.5, 0.6) is 0 Å². The van der Waals surface area contributed by atoms with Gasteiger partial charge in [-0.3, -0.25) is 0 Å². The average molecular weight is 327 g/mol. The maximum Gasteiger partial charge on any atom is 0.512 e. The summed E-state index contributed by atoms with van der Waals surface area (Å²) in [5, 5.41) is 8.81. The summed E-state index contributed by atoms with van der Waals surface area (Å²) in [6, 6.07) is 8.97. The highest BCUT2D eigenvalue weighted by Crippen LogP contribution is 2.32. The molecule has 128 valence electrons. The van der Waals surface area contributed by atoms with Crippen molar-refractivity contribution in [3.8, 4) is 0 Å². The second-order valence-electron chi connectivity index (χ2n) is 6.57. The first-order valence-electron chi connectivity index (χ1n) is 8.84. The molecular formula is C20H25NO3. The van der Waals surface area contributed by atoms with Gasteiger partial charge in [0, 0.05) is 13.1 Å². The quantitative estimate of drug-likeness (QED) is 0.798. The van der Waals surface area contributed by atoms with Crippen molar-refractivity contribution in [2.45, 2.75) is 44.4 Å². The normalized spacial score (nSPS) is 18.3. The van der Waals surface area contributed by atoms with Gasteiger partial charge in [0.2, 0.25) is 5.88 Å². The van der Waals surface area contributed by atoms with E-state index in [0.29, 0.717) is 12.4 Å². The second kappa shape index (κ2) is 8.04. The van der Waals surface area contributed by atoms with E-state index in [1.807, 2.05) is 17.1 Å². The highest BCUT2D eigenvalue weighted by Gasteiger charge is 2.16. The summed E-state index contributed by atoms with van der Waals surface area (Å²) < 4.78 is 4.84. The fourth-order valence-corrected chi connectivity index (χ4v) is 3.58. The first kappa shape index (κ1) is 16.6. The third-order valence-electron chi connectivity index (χ3n) is 4.93. The Morgan fingerprint density at radius 3 is 2.62 bits per heavy atom. The van der Waals surface area contributed by atoms with Gasteiger partial charge in [0.05, 0.1) is 0 Å². The highest BCUT2D eigenvalue weighted by molar-refractivity contribution is 5.58. The van der Waals surface area contributed by atoms with E-state index < -0.39 is 6.16 Å². The monoisotopic (exact) mass is 327 g/mol. The first-order chi connectivity index (χ1) is 11.7. The largest absolute Gasteiger partial charge is 0.512 e. The summed E-state index contributed by atoms with van der Waals surface area (Å²) in [7, 11) is 0. The standard InChI is InChI=1S/C20H25NO3/c22-20(23)24-19-8-4-5-14-21(19)15-13-16-9-11-18(12-10-16)17-6-2-1-3-7-17/h4-5,8-12,17H,1-3,6-7,13-15H2,(H,22,23). The molecule has 4 heteroatoms. The van der Waals surface area contributed by atoms with Crippen LogP contribution in [-0.4, -0.2) is 29.3 Å². The van der Waals surface area contributed by atoms with Crippen LogP contribution < -0.4 is 0 Å². The number of allylic oxidation sites excluding steroid dienone is 2.